The molecule has 1 saturated heterocycles. The number of H-pyrrole nitrogens is 1. The molecule has 6 rings (SSSR count). The van der Waals surface area contributed by atoms with Gasteiger partial charge in [0.05, 0.1) is 7.11 Å². The number of carbonyl (C=O) groups excluding carboxylic acids is 1. The maximum Gasteiger partial charge on any atom is 0.341 e. The summed E-state index contributed by atoms with van der Waals surface area (Å²) in [6, 6.07) is 18.7. The summed E-state index contributed by atoms with van der Waals surface area (Å²) in [6.45, 7) is 9.15. The topological polar surface area (TPSA) is 57.8 Å². The Bertz CT molecular complexity index is 1670. The first kappa shape index (κ1) is 29.3. The number of piperazine rings is 1. The Hall–Kier alpha value is -3.81. The first-order valence-corrected chi connectivity index (χ1v) is 15.2. The summed E-state index contributed by atoms with van der Waals surface area (Å²) < 4.78 is 26.2. The third-order valence-electron chi connectivity index (χ3n) is 8.75. The van der Waals surface area contributed by atoms with Gasteiger partial charge in [-0.05, 0) is 78.3 Å². The minimum atomic E-state index is -0.532. The highest BCUT2D eigenvalue weighted by Gasteiger charge is 2.29. The number of esters is 1. The van der Waals surface area contributed by atoms with E-state index in [1.165, 1.54) is 30.2 Å². The molecule has 4 aromatic rings. The van der Waals surface area contributed by atoms with Crippen LogP contribution in [0.1, 0.15) is 49.0 Å². The van der Waals surface area contributed by atoms with Crippen molar-refractivity contribution in [3.05, 3.63) is 94.4 Å². The van der Waals surface area contributed by atoms with Crippen LogP contribution in [0.4, 0.5) is 10.1 Å². The van der Waals surface area contributed by atoms with Crippen LogP contribution in [-0.4, -0.2) is 55.7 Å². The molecule has 0 spiro atoms. The van der Waals surface area contributed by atoms with E-state index in [1.54, 1.807) is 30.5 Å². The second-order valence-electron chi connectivity index (χ2n) is 12.3. The minimum absolute atomic E-state index is 0.0552. The van der Waals surface area contributed by atoms with Crippen LogP contribution in [0.2, 0.25) is 5.02 Å². The van der Waals surface area contributed by atoms with Crippen molar-refractivity contribution in [3.63, 3.8) is 0 Å². The summed E-state index contributed by atoms with van der Waals surface area (Å²) in [6.07, 6.45) is 5.04. The molecule has 1 fully saturated rings. The van der Waals surface area contributed by atoms with Crippen molar-refractivity contribution in [1.29, 1.82) is 0 Å². The van der Waals surface area contributed by atoms with Crippen LogP contribution >= 0.6 is 11.6 Å². The average molecular weight is 602 g/mol. The Balaban J connectivity index is 1.19. The van der Waals surface area contributed by atoms with Gasteiger partial charge in [0.1, 0.15) is 11.3 Å². The number of carbonyl (C=O) groups is 1. The van der Waals surface area contributed by atoms with Crippen molar-refractivity contribution in [2.75, 3.05) is 44.7 Å². The third-order valence-corrected chi connectivity index (χ3v) is 9.01. The summed E-state index contributed by atoms with van der Waals surface area (Å²) >= 11 is 6.19. The van der Waals surface area contributed by atoms with Gasteiger partial charge in [-0.2, -0.15) is 0 Å². The number of nitrogens with one attached hydrogen (secondary N) is 1. The van der Waals surface area contributed by atoms with Gasteiger partial charge < -0.3 is 19.4 Å². The minimum Gasteiger partial charge on any atom is -0.465 e. The predicted octanol–water partition coefficient (Wildman–Crippen LogP) is 8.33. The number of aromatic amines is 1. The van der Waals surface area contributed by atoms with Crippen LogP contribution in [-0.2, 0) is 4.74 Å². The number of rotatable bonds is 7. The molecule has 1 aliphatic carbocycles. The van der Waals surface area contributed by atoms with Crippen molar-refractivity contribution in [2.45, 2.75) is 33.1 Å². The number of allylic oxidation sites excluding steroid dienone is 1. The molecule has 2 aliphatic rings. The van der Waals surface area contributed by atoms with Gasteiger partial charge in [0.25, 0.3) is 0 Å². The first-order valence-electron chi connectivity index (χ1n) is 14.8. The van der Waals surface area contributed by atoms with Gasteiger partial charge in [-0.1, -0.05) is 43.2 Å². The van der Waals surface area contributed by atoms with Gasteiger partial charge in [-0.25, -0.2) is 9.18 Å². The molecule has 1 N–H and O–H groups in total. The number of anilines is 1. The maximum absolute atomic E-state index is 15.2. The molecular formula is C35H37ClFN3O3. The zero-order valence-electron chi connectivity index (χ0n) is 24.9. The molecule has 0 saturated carbocycles. The number of benzene rings is 3. The highest BCUT2D eigenvalue weighted by Crippen LogP contribution is 2.43. The van der Waals surface area contributed by atoms with Crippen LogP contribution in [0.25, 0.3) is 16.5 Å². The van der Waals surface area contributed by atoms with E-state index < -0.39 is 11.8 Å². The van der Waals surface area contributed by atoms with Crippen LogP contribution in [0.3, 0.4) is 0 Å². The lowest BCUT2D eigenvalue weighted by atomic mass is 9.72. The van der Waals surface area contributed by atoms with Crippen molar-refractivity contribution in [1.82, 2.24) is 9.88 Å². The molecule has 0 unspecified atom stereocenters. The summed E-state index contributed by atoms with van der Waals surface area (Å²) in [5.41, 5.74) is 6.39. The van der Waals surface area contributed by atoms with E-state index in [0.717, 1.165) is 56.3 Å². The molecule has 1 aromatic heterocycles. The fourth-order valence-electron chi connectivity index (χ4n) is 6.24. The Labute approximate surface area is 257 Å². The Morgan fingerprint density at radius 2 is 1.77 bits per heavy atom. The number of hydrogen-bond acceptors (Lipinski definition) is 5. The normalized spacial score (nSPS) is 17.4. The lowest BCUT2D eigenvalue weighted by Crippen LogP contribution is -2.47. The van der Waals surface area contributed by atoms with E-state index in [9.17, 15) is 4.79 Å². The van der Waals surface area contributed by atoms with E-state index in [2.05, 4.69) is 40.8 Å². The van der Waals surface area contributed by atoms with Crippen molar-refractivity contribution >= 4 is 39.7 Å². The number of hydrogen-bond donors (Lipinski definition) is 1. The Morgan fingerprint density at radius 1 is 1.00 bits per heavy atom. The predicted molar refractivity (Wildman–Crippen MR) is 171 cm³/mol. The lowest BCUT2D eigenvalue weighted by Gasteiger charge is -2.39. The van der Waals surface area contributed by atoms with Crippen molar-refractivity contribution in [3.8, 4) is 11.5 Å². The van der Waals surface area contributed by atoms with Crippen molar-refractivity contribution in [2.24, 2.45) is 5.41 Å². The summed E-state index contributed by atoms with van der Waals surface area (Å²) in [7, 11) is 1.33. The monoisotopic (exact) mass is 601 g/mol. The second kappa shape index (κ2) is 12.1. The van der Waals surface area contributed by atoms with Gasteiger partial charge in [0.2, 0.25) is 0 Å². The lowest BCUT2D eigenvalue weighted by molar-refractivity contribution is 0.0598. The maximum atomic E-state index is 15.2. The second-order valence-corrected chi connectivity index (χ2v) is 12.7. The molecule has 0 amide bonds. The summed E-state index contributed by atoms with van der Waals surface area (Å²) in [5.74, 6) is -0.690. The van der Waals surface area contributed by atoms with E-state index in [1.807, 2.05) is 24.3 Å². The molecule has 43 heavy (non-hydrogen) atoms. The fourth-order valence-corrected chi connectivity index (χ4v) is 6.37. The van der Waals surface area contributed by atoms with Gasteiger partial charge in [-0.3, -0.25) is 4.90 Å². The molecule has 2 heterocycles. The molecule has 3 aromatic carbocycles. The quantitative estimate of drug-likeness (QED) is 0.216. The van der Waals surface area contributed by atoms with Gasteiger partial charge in [0.15, 0.2) is 11.6 Å². The number of methoxy groups -OCH3 is 1. The van der Waals surface area contributed by atoms with E-state index in [4.69, 9.17) is 21.1 Å². The summed E-state index contributed by atoms with van der Waals surface area (Å²) in [5, 5.41) is 1.19. The van der Waals surface area contributed by atoms with Crippen molar-refractivity contribution < 1.29 is 18.7 Å². The highest BCUT2D eigenvalue weighted by molar-refractivity contribution is 6.30. The van der Waals surface area contributed by atoms with Crippen LogP contribution in [0, 0.1) is 11.2 Å². The van der Waals surface area contributed by atoms with E-state index in [-0.39, 0.29) is 22.5 Å². The Kier molecular flexibility index (Phi) is 8.21. The summed E-state index contributed by atoms with van der Waals surface area (Å²) in [4.78, 5) is 20.4. The number of fused-ring (bicyclic) bond motifs is 1. The van der Waals surface area contributed by atoms with Crippen LogP contribution < -0.4 is 9.64 Å². The molecule has 0 bridgehead atoms. The number of halogens is 2. The molecule has 224 valence electrons. The highest BCUT2D eigenvalue weighted by atomic mass is 35.5. The molecule has 6 nitrogen and oxygen atoms in total. The number of nitrogens with zero attached hydrogens (tertiary/aromatic N) is 2. The largest absolute Gasteiger partial charge is 0.465 e. The van der Waals surface area contributed by atoms with Gasteiger partial charge in [0, 0.05) is 66.6 Å². The number of ether oxygens (including phenoxy) is 2. The standard InChI is InChI=1S/C35H37ClFN3O3/c1-35(2)14-12-24(29(21-35)23-4-6-25(36)7-5-23)22-39-16-18-40(19-17-39)26-8-9-28(34(41)42-3)32(20-26)43-31-11-10-30-27(33(31)37)13-15-38-30/h4-11,13,15,20,38H,12,14,16-19,21-22H2,1-3H3. The molecule has 8 heteroatoms. The smallest absolute Gasteiger partial charge is 0.341 e. The zero-order chi connectivity index (χ0) is 30.1. The first-order chi connectivity index (χ1) is 20.7. The fraction of sp³-hybridized carbons (Fsp3) is 0.343. The average Bonchev–Trinajstić information content (AvgIpc) is 3.50. The molecule has 1 aliphatic heterocycles. The molecule has 0 radical (unpaired) electrons. The Morgan fingerprint density at radius 3 is 2.51 bits per heavy atom. The van der Waals surface area contributed by atoms with Gasteiger partial charge in [-0.15, -0.1) is 0 Å². The zero-order valence-corrected chi connectivity index (χ0v) is 25.6. The van der Waals surface area contributed by atoms with Gasteiger partial charge >= 0.3 is 5.97 Å². The van der Waals surface area contributed by atoms with E-state index >= 15 is 4.39 Å². The van der Waals surface area contributed by atoms with Crippen LogP contribution in [0.15, 0.2) is 72.4 Å². The third kappa shape index (κ3) is 6.29. The SMILES string of the molecule is COC(=O)c1ccc(N2CCN(CC3=C(c4ccc(Cl)cc4)CC(C)(C)CC3)CC2)cc1Oc1ccc2[nH]ccc2c1F. The van der Waals surface area contributed by atoms with E-state index in [0.29, 0.717) is 10.9 Å². The van der Waals surface area contributed by atoms with Crippen LogP contribution in [0.5, 0.6) is 11.5 Å². The number of aromatic nitrogens is 1. The molecule has 0 atom stereocenters. The molecular weight excluding hydrogens is 565 g/mol.